The van der Waals surface area contributed by atoms with Crippen molar-refractivity contribution in [2.75, 3.05) is 0 Å². The number of hydrogen-bond donors (Lipinski definition) is 0. The maximum atomic E-state index is 11.7. The second-order valence-corrected chi connectivity index (χ2v) is 5.36. The standard InChI is InChI=1S/C9H14INO3/c1-5(2)14-7-4-8(12)11(6(3)10)9(7)13/h5-7H,4H2,1-3H3. The lowest BCUT2D eigenvalue weighted by Crippen LogP contribution is -2.37. The summed E-state index contributed by atoms with van der Waals surface area (Å²) in [7, 11) is 0. The van der Waals surface area contributed by atoms with Crippen LogP contribution in [-0.2, 0) is 14.3 Å². The fourth-order valence-corrected chi connectivity index (χ4v) is 2.02. The van der Waals surface area contributed by atoms with Crippen LogP contribution in [0.1, 0.15) is 27.2 Å². The highest BCUT2D eigenvalue weighted by Gasteiger charge is 2.41. The van der Waals surface area contributed by atoms with Gasteiger partial charge in [0.1, 0.15) is 6.10 Å². The van der Waals surface area contributed by atoms with Gasteiger partial charge >= 0.3 is 0 Å². The second-order valence-electron chi connectivity index (χ2n) is 3.55. The first kappa shape index (κ1) is 11.9. The van der Waals surface area contributed by atoms with Gasteiger partial charge in [-0.2, -0.15) is 0 Å². The molecular weight excluding hydrogens is 297 g/mol. The number of nitrogens with zero attached hydrogens (tertiary/aromatic N) is 1. The Kier molecular flexibility index (Phi) is 3.88. The van der Waals surface area contributed by atoms with Gasteiger partial charge in [0.2, 0.25) is 5.91 Å². The van der Waals surface area contributed by atoms with Crippen molar-refractivity contribution in [3.63, 3.8) is 0 Å². The minimum absolute atomic E-state index is 0.0267. The molecule has 14 heavy (non-hydrogen) atoms. The molecule has 2 unspecified atom stereocenters. The molecule has 0 aromatic carbocycles. The van der Waals surface area contributed by atoms with Crippen LogP contribution >= 0.6 is 22.6 Å². The molecule has 1 rings (SSSR count). The van der Waals surface area contributed by atoms with E-state index in [4.69, 9.17) is 4.74 Å². The van der Waals surface area contributed by atoms with Crippen LogP contribution in [0.25, 0.3) is 0 Å². The average Bonchev–Trinajstić information content (AvgIpc) is 2.25. The molecule has 0 aliphatic carbocycles. The number of hydrogen-bond acceptors (Lipinski definition) is 3. The predicted molar refractivity (Wildman–Crippen MR) is 60.0 cm³/mol. The molecule has 1 heterocycles. The highest BCUT2D eigenvalue weighted by molar-refractivity contribution is 14.1. The summed E-state index contributed by atoms with van der Waals surface area (Å²) in [5, 5.41) is 0. The molecular formula is C9H14INO3. The molecule has 0 radical (unpaired) electrons. The first-order valence-electron chi connectivity index (χ1n) is 4.59. The monoisotopic (exact) mass is 311 g/mol. The molecule has 0 aromatic rings. The zero-order valence-electron chi connectivity index (χ0n) is 8.49. The zero-order chi connectivity index (χ0) is 10.9. The smallest absolute Gasteiger partial charge is 0.259 e. The van der Waals surface area contributed by atoms with E-state index < -0.39 is 6.10 Å². The van der Waals surface area contributed by atoms with Gasteiger partial charge in [0.05, 0.1) is 16.6 Å². The van der Waals surface area contributed by atoms with Crippen LogP contribution in [0.15, 0.2) is 0 Å². The molecule has 1 aliphatic heterocycles. The van der Waals surface area contributed by atoms with Crippen LogP contribution in [0.5, 0.6) is 0 Å². The van der Waals surface area contributed by atoms with Gasteiger partial charge in [-0.1, -0.05) is 22.6 Å². The second kappa shape index (κ2) is 4.57. The SMILES string of the molecule is CC(C)OC1CC(=O)N(C(C)I)C1=O. The van der Waals surface area contributed by atoms with E-state index in [2.05, 4.69) is 0 Å². The lowest BCUT2D eigenvalue weighted by molar-refractivity contribution is -0.143. The maximum Gasteiger partial charge on any atom is 0.259 e. The third-order valence-corrected chi connectivity index (χ3v) is 2.49. The number of amides is 2. The number of halogens is 1. The first-order chi connectivity index (χ1) is 6.43. The Balaban J connectivity index is 2.69. The van der Waals surface area contributed by atoms with Gasteiger partial charge in [-0.25, -0.2) is 0 Å². The molecule has 0 saturated carbocycles. The summed E-state index contributed by atoms with van der Waals surface area (Å²) >= 11 is 2.05. The number of likely N-dealkylation sites (tertiary alicyclic amines) is 1. The van der Waals surface area contributed by atoms with E-state index in [1.807, 2.05) is 43.4 Å². The Bertz CT molecular complexity index is 252. The number of rotatable bonds is 3. The van der Waals surface area contributed by atoms with Crippen LogP contribution in [-0.4, -0.2) is 33.0 Å². The van der Waals surface area contributed by atoms with Crippen molar-refractivity contribution in [1.29, 1.82) is 0 Å². The lowest BCUT2D eigenvalue weighted by atomic mass is 10.3. The van der Waals surface area contributed by atoms with Gasteiger partial charge in [-0.15, -0.1) is 0 Å². The van der Waals surface area contributed by atoms with Crippen LogP contribution in [0.3, 0.4) is 0 Å². The zero-order valence-corrected chi connectivity index (χ0v) is 10.6. The molecule has 4 nitrogen and oxygen atoms in total. The topological polar surface area (TPSA) is 46.6 Å². The molecule has 5 heteroatoms. The molecule has 0 spiro atoms. The minimum atomic E-state index is -0.570. The van der Waals surface area contributed by atoms with Gasteiger partial charge in [0.25, 0.3) is 5.91 Å². The quantitative estimate of drug-likeness (QED) is 0.342. The third-order valence-electron chi connectivity index (χ3n) is 1.93. The van der Waals surface area contributed by atoms with Gasteiger partial charge < -0.3 is 4.74 Å². The summed E-state index contributed by atoms with van der Waals surface area (Å²) in [5.41, 5.74) is 0. The summed E-state index contributed by atoms with van der Waals surface area (Å²) in [6.45, 7) is 5.52. The van der Waals surface area contributed by atoms with Gasteiger partial charge in [-0.05, 0) is 20.8 Å². The van der Waals surface area contributed by atoms with Crippen molar-refractivity contribution in [2.24, 2.45) is 0 Å². The molecule has 2 atom stereocenters. The van der Waals surface area contributed by atoms with E-state index in [9.17, 15) is 9.59 Å². The minimum Gasteiger partial charge on any atom is -0.365 e. The Hall–Kier alpha value is -0.170. The Morgan fingerprint density at radius 2 is 2.00 bits per heavy atom. The average molecular weight is 311 g/mol. The Labute approximate surface area is 97.1 Å². The van der Waals surface area contributed by atoms with E-state index in [1.165, 1.54) is 4.90 Å². The largest absolute Gasteiger partial charge is 0.365 e. The fraction of sp³-hybridized carbons (Fsp3) is 0.778. The van der Waals surface area contributed by atoms with Crippen LogP contribution < -0.4 is 0 Å². The molecule has 2 amide bonds. The van der Waals surface area contributed by atoms with Crippen molar-refractivity contribution < 1.29 is 14.3 Å². The van der Waals surface area contributed by atoms with Gasteiger partial charge in [-0.3, -0.25) is 14.5 Å². The van der Waals surface area contributed by atoms with Crippen molar-refractivity contribution in [3.8, 4) is 0 Å². The van der Waals surface area contributed by atoms with Crippen molar-refractivity contribution >= 4 is 34.4 Å². The molecule has 80 valence electrons. The van der Waals surface area contributed by atoms with E-state index in [1.54, 1.807) is 0 Å². The molecule has 0 N–H and O–H groups in total. The fourth-order valence-electron chi connectivity index (χ4n) is 1.43. The summed E-state index contributed by atoms with van der Waals surface area (Å²) in [6.07, 6.45) is -0.411. The lowest BCUT2D eigenvalue weighted by Gasteiger charge is -2.18. The van der Waals surface area contributed by atoms with Gasteiger partial charge in [0.15, 0.2) is 0 Å². The van der Waals surface area contributed by atoms with Crippen LogP contribution in [0, 0.1) is 0 Å². The van der Waals surface area contributed by atoms with Crippen LogP contribution in [0.4, 0.5) is 0 Å². The number of alkyl halides is 1. The molecule has 1 saturated heterocycles. The summed E-state index contributed by atoms with van der Waals surface area (Å²) < 4.78 is 5.26. The molecule has 0 aromatic heterocycles. The number of ether oxygens (including phenoxy) is 1. The first-order valence-corrected chi connectivity index (χ1v) is 5.83. The summed E-state index contributed by atoms with van der Waals surface area (Å²) in [5.74, 6) is -0.340. The predicted octanol–water partition coefficient (Wildman–Crippen LogP) is 1.32. The summed E-state index contributed by atoms with van der Waals surface area (Å²) in [6, 6.07) is 0. The third kappa shape index (κ3) is 2.44. The van der Waals surface area contributed by atoms with E-state index in [0.717, 1.165) is 0 Å². The van der Waals surface area contributed by atoms with E-state index in [-0.39, 0.29) is 28.4 Å². The normalized spacial score (nSPS) is 24.9. The number of carbonyl (C=O) groups excluding carboxylic acids is 2. The van der Waals surface area contributed by atoms with Crippen molar-refractivity contribution in [3.05, 3.63) is 0 Å². The van der Waals surface area contributed by atoms with E-state index >= 15 is 0 Å². The number of carbonyl (C=O) groups is 2. The molecule has 1 fully saturated rings. The number of imide groups is 1. The van der Waals surface area contributed by atoms with Crippen molar-refractivity contribution in [1.82, 2.24) is 4.90 Å². The Morgan fingerprint density at radius 1 is 1.43 bits per heavy atom. The van der Waals surface area contributed by atoms with Crippen LogP contribution in [0.2, 0.25) is 0 Å². The van der Waals surface area contributed by atoms with Crippen molar-refractivity contribution in [2.45, 2.75) is 43.4 Å². The summed E-state index contributed by atoms with van der Waals surface area (Å²) in [4.78, 5) is 24.4. The Morgan fingerprint density at radius 3 is 2.36 bits per heavy atom. The molecule has 1 aliphatic rings. The molecule has 0 bridgehead atoms. The van der Waals surface area contributed by atoms with E-state index in [0.29, 0.717) is 0 Å². The van der Waals surface area contributed by atoms with Gasteiger partial charge in [0, 0.05) is 0 Å². The highest BCUT2D eigenvalue weighted by Crippen LogP contribution is 2.22. The maximum absolute atomic E-state index is 11.7. The highest BCUT2D eigenvalue weighted by atomic mass is 127.